The van der Waals surface area contributed by atoms with Crippen LogP contribution in [0.2, 0.25) is 0 Å². The van der Waals surface area contributed by atoms with Gasteiger partial charge in [-0.25, -0.2) is 4.79 Å². The van der Waals surface area contributed by atoms with Crippen molar-refractivity contribution in [2.45, 2.75) is 6.04 Å². The van der Waals surface area contributed by atoms with Crippen LogP contribution in [0.25, 0.3) is 10.9 Å². The van der Waals surface area contributed by atoms with Crippen LogP contribution < -0.4 is 0 Å². The first kappa shape index (κ1) is 14.1. The van der Waals surface area contributed by atoms with Crippen molar-refractivity contribution in [2.75, 3.05) is 19.8 Å². The molecule has 1 aromatic heterocycles. The smallest absolute Gasteiger partial charge is 0.328 e. The molecule has 7 heteroatoms. The number of benzene rings is 1. The Bertz CT molecular complexity index is 712. The summed E-state index contributed by atoms with van der Waals surface area (Å²) in [7, 11) is 0. The lowest BCUT2D eigenvalue weighted by Gasteiger charge is -2.32. The first-order valence-corrected chi connectivity index (χ1v) is 7.26. The summed E-state index contributed by atoms with van der Waals surface area (Å²) < 4.78 is 5.96. The first-order chi connectivity index (χ1) is 10.1. The molecule has 1 aromatic carbocycles. The number of H-pyrrole nitrogens is 1. The number of carbonyl (C=O) groups is 2. The predicted octanol–water partition coefficient (Wildman–Crippen LogP) is 1.86. The van der Waals surface area contributed by atoms with Gasteiger partial charge in [-0.05, 0) is 12.1 Å². The number of morpholine rings is 1. The van der Waals surface area contributed by atoms with E-state index in [1.165, 1.54) is 4.90 Å². The Morgan fingerprint density at radius 2 is 2.24 bits per heavy atom. The standard InChI is InChI=1S/C14H13BrN2O4/c15-9-2-1-3-10-12(9)8(6-16-10)13(18)17-4-5-21-7-11(17)14(19)20/h1-3,6,11,16H,4-5,7H2,(H,19,20). The van der Waals surface area contributed by atoms with Crippen LogP contribution in [0.4, 0.5) is 0 Å². The Kier molecular flexibility index (Phi) is 3.69. The number of rotatable bonds is 2. The molecule has 0 saturated carbocycles. The number of aromatic nitrogens is 1. The summed E-state index contributed by atoms with van der Waals surface area (Å²) in [5, 5.41) is 9.99. The molecule has 0 spiro atoms. The van der Waals surface area contributed by atoms with E-state index >= 15 is 0 Å². The molecule has 1 fully saturated rings. The van der Waals surface area contributed by atoms with Gasteiger partial charge in [-0.3, -0.25) is 4.79 Å². The van der Waals surface area contributed by atoms with Gasteiger partial charge in [-0.2, -0.15) is 0 Å². The van der Waals surface area contributed by atoms with Gasteiger partial charge in [0.2, 0.25) is 0 Å². The summed E-state index contributed by atoms with van der Waals surface area (Å²) in [6.07, 6.45) is 1.62. The Morgan fingerprint density at radius 3 is 3.00 bits per heavy atom. The van der Waals surface area contributed by atoms with Crippen LogP contribution in [0.1, 0.15) is 10.4 Å². The molecule has 110 valence electrons. The summed E-state index contributed by atoms with van der Waals surface area (Å²) in [6.45, 7) is 0.635. The molecule has 1 amide bonds. The molecule has 21 heavy (non-hydrogen) atoms. The van der Waals surface area contributed by atoms with Crippen LogP contribution >= 0.6 is 15.9 Å². The lowest BCUT2D eigenvalue weighted by Crippen LogP contribution is -2.52. The molecule has 2 aromatic rings. The number of aromatic amines is 1. The number of nitrogens with one attached hydrogen (secondary N) is 1. The monoisotopic (exact) mass is 352 g/mol. The minimum absolute atomic E-state index is 0.0185. The fraction of sp³-hybridized carbons (Fsp3) is 0.286. The minimum Gasteiger partial charge on any atom is -0.480 e. The normalized spacial score (nSPS) is 18.9. The second kappa shape index (κ2) is 5.50. The average molecular weight is 353 g/mol. The van der Waals surface area contributed by atoms with E-state index < -0.39 is 12.0 Å². The third-order valence-corrected chi connectivity index (χ3v) is 4.22. The number of carbonyl (C=O) groups excluding carboxylic acids is 1. The fourth-order valence-electron chi connectivity index (χ4n) is 2.51. The number of hydrogen-bond donors (Lipinski definition) is 2. The SMILES string of the molecule is O=C(O)C1COCCN1C(=O)c1c[nH]c2cccc(Br)c12. The number of fused-ring (bicyclic) bond motifs is 1. The van der Waals surface area contributed by atoms with E-state index in [0.717, 1.165) is 15.4 Å². The fourth-order valence-corrected chi connectivity index (χ4v) is 3.09. The summed E-state index contributed by atoms with van der Waals surface area (Å²) in [6, 6.07) is 4.64. The van der Waals surface area contributed by atoms with Crippen LogP contribution in [0, 0.1) is 0 Å². The van der Waals surface area contributed by atoms with E-state index in [1.54, 1.807) is 6.20 Å². The van der Waals surface area contributed by atoms with Gasteiger partial charge < -0.3 is 19.7 Å². The minimum atomic E-state index is -1.05. The maximum absolute atomic E-state index is 12.7. The predicted molar refractivity (Wildman–Crippen MR) is 79.3 cm³/mol. The van der Waals surface area contributed by atoms with Gasteiger partial charge in [0.25, 0.3) is 5.91 Å². The van der Waals surface area contributed by atoms with Crippen molar-refractivity contribution in [1.29, 1.82) is 0 Å². The van der Waals surface area contributed by atoms with Gasteiger partial charge in [0.05, 0.1) is 18.8 Å². The number of nitrogens with zero attached hydrogens (tertiary/aromatic N) is 1. The lowest BCUT2D eigenvalue weighted by atomic mass is 10.1. The van der Waals surface area contributed by atoms with Gasteiger partial charge in [-0.15, -0.1) is 0 Å². The average Bonchev–Trinajstić information content (AvgIpc) is 2.92. The second-order valence-corrected chi connectivity index (χ2v) is 5.65. The number of halogens is 1. The van der Waals surface area contributed by atoms with Gasteiger partial charge in [-0.1, -0.05) is 22.0 Å². The van der Waals surface area contributed by atoms with Crippen molar-refractivity contribution in [3.63, 3.8) is 0 Å². The topological polar surface area (TPSA) is 82.6 Å². The van der Waals surface area contributed by atoms with Gasteiger partial charge in [0.15, 0.2) is 6.04 Å². The van der Waals surface area contributed by atoms with Gasteiger partial charge in [0, 0.05) is 28.1 Å². The number of amides is 1. The van der Waals surface area contributed by atoms with E-state index in [-0.39, 0.29) is 19.1 Å². The number of carboxylic acids is 1. The first-order valence-electron chi connectivity index (χ1n) is 6.46. The Morgan fingerprint density at radius 1 is 1.43 bits per heavy atom. The van der Waals surface area contributed by atoms with E-state index in [1.807, 2.05) is 18.2 Å². The van der Waals surface area contributed by atoms with Crippen LogP contribution in [-0.2, 0) is 9.53 Å². The summed E-state index contributed by atoms with van der Waals surface area (Å²) in [4.78, 5) is 28.4. The highest BCUT2D eigenvalue weighted by Gasteiger charge is 2.34. The van der Waals surface area contributed by atoms with Crippen molar-refractivity contribution in [1.82, 2.24) is 9.88 Å². The highest BCUT2D eigenvalue weighted by Crippen LogP contribution is 2.28. The van der Waals surface area contributed by atoms with Gasteiger partial charge >= 0.3 is 5.97 Å². The Labute approximate surface area is 128 Å². The number of aliphatic carboxylic acids is 1. The zero-order chi connectivity index (χ0) is 15.0. The zero-order valence-electron chi connectivity index (χ0n) is 11.0. The maximum atomic E-state index is 12.7. The highest BCUT2D eigenvalue weighted by molar-refractivity contribution is 9.10. The molecular weight excluding hydrogens is 340 g/mol. The van der Waals surface area contributed by atoms with Crippen molar-refractivity contribution < 1.29 is 19.4 Å². The molecule has 1 aliphatic heterocycles. The van der Waals surface area contributed by atoms with E-state index in [4.69, 9.17) is 4.74 Å². The quantitative estimate of drug-likeness (QED) is 0.863. The molecule has 2 heterocycles. The largest absolute Gasteiger partial charge is 0.480 e. The summed E-state index contributed by atoms with van der Waals surface area (Å²) >= 11 is 3.43. The van der Waals surface area contributed by atoms with E-state index in [0.29, 0.717) is 12.2 Å². The molecule has 1 saturated heterocycles. The van der Waals surface area contributed by atoms with Crippen molar-refractivity contribution in [3.05, 3.63) is 34.4 Å². The Hall–Kier alpha value is -1.86. The van der Waals surface area contributed by atoms with E-state index in [2.05, 4.69) is 20.9 Å². The van der Waals surface area contributed by atoms with Crippen molar-refractivity contribution in [2.24, 2.45) is 0 Å². The molecule has 2 N–H and O–H groups in total. The second-order valence-electron chi connectivity index (χ2n) is 4.79. The molecule has 0 bridgehead atoms. The van der Waals surface area contributed by atoms with Crippen LogP contribution in [0.3, 0.4) is 0 Å². The van der Waals surface area contributed by atoms with Crippen molar-refractivity contribution >= 4 is 38.7 Å². The molecule has 0 radical (unpaired) electrons. The van der Waals surface area contributed by atoms with Crippen LogP contribution in [0.5, 0.6) is 0 Å². The molecule has 3 rings (SSSR count). The zero-order valence-corrected chi connectivity index (χ0v) is 12.6. The highest BCUT2D eigenvalue weighted by atomic mass is 79.9. The summed E-state index contributed by atoms with van der Waals surface area (Å²) in [5.41, 5.74) is 1.29. The molecule has 0 aliphatic carbocycles. The lowest BCUT2D eigenvalue weighted by molar-refractivity contribution is -0.147. The molecule has 1 aliphatic rings. The number of carboxylic acid groups (broad SMARTS) is 1. The maximum Gasteiger partial charge on any atom is 0.328 e. The molecule has 1 atom stereocenters. The Balaban J connectivity index is 2.01. The third kappa shape index (κ3) is 2.43. The van der Waals surface area contributed by atoms with Crippen molar-refractivity contribution in [3.8, 4) is 0 Å². The van der Waals surface area contributed by atoms with Gasteiger partial charge in [0.1, 0.15) is 0 Å². The van der Waals surface area contributed by atoms with Crippen LogP contribution in [0.15, 0.2) is 28.9 Å². The molecule has 1 unspecified atom stereocenters. The molecule has 6 nitrogen and oxygen atoms in total. The number of ether oxygens (including phenoxy) is 1. The van der Waals surface area contributed by atoms with E-state index in [9.17, 15) is 14.7 Å². The molecular formula is C14H13BrN2O4. The third-order valence-electron chi connectivity index (χ3n) is 3.56. The van der Waals surface area contributed by atoms with Crippen LogP contribution in [-0.4, -0.2) is 52.7 Å². The number of hydrogen-bond acceptors (Lipinski definition) is 3. The summed E-state index contributed by atoms with van der Waals surface area (Å²) in [5.74, 6) is -1.36.